The van der Waals surface area contributed by atoms with Gasteiger partial charge in [-0.2, -0.15) is 0 Å². The lowest BCUT2D eigenvalue weighted by Crippen LogP contribution is -2.47. The predicted octanol–water partition coefficient (Wildman–Crippen LogP) is 5.99. The van der Waals surface area contributed by atoms with Crippen molar-refractivity contribution in [2.75, 3.05) is 4.90 Å². The molecule has 0 saturated carbocycles. The Morgan fingerprint density at radius 2 is 1.69 bits per heavy atom. The van der Waals surface area contributed by atoms with Gasteiger partial charge in [0.2, 0.25) is 5.91 Å². The molecule has 0 unspecified atom stereocenters. The maximum absolute atomic E-state index is 12.3. The largest absolute Gasteiger partial charge is 0.303 e. The maximum atomic E-state index is 12.3. The molecule has 3 heteroatoms. The second kappa shape index (κ2) is 6.84. The van der Waals surface area contributed by atoms with E-state index < -0.39 is 0 Å². The summed E-state index contributed by atoms with van der Waals surface area (Å²) in [6.45, 7) is 12.1. The van der Waals surface area contributed by atoms with E-state index in [1.54, 1.807) is 6.92 Å². The third-order valence-electron chi connectivity index (χ3n) is 5.80. The Labute approximate surface area is 173 Å². The van der Waals surface area contributed by atoms with Gasteiger partial charge in [0.25, 0.3) is 0 Å². The molecule has 29 heavy (non-hydrogen) atoms. The third-order valence-corrected chi connectivity index (χ3v) is 5.80. The minimum atomic E-state index is -0.314. The molecule has 1 amide bonds. The summed E-state index contributed by atoms with van der Waals surface area (Å²) in [5, 5.41) is 1.21. The highest BCUT2D eigenvalue weighted by Crippen LogP contribution is 2.39. The minimum absolute atomic E-state index is 0.0700. The lowest BCUT2D eigenvalue weighted by molar-refractivity contribution is -0.117. The molecule has 3 aromatic rings. The summed E-state index contributed by atoms with van der Waals surface area (Å²) in [5.41, 5.74) is 8.94. The van der Waals surface area contributed by atoms with Crippen molar-refractivity contribution in [1.29, 1.82) is 0 Å². The summed E-state index contributed by atoms with van der Waals surface area (Å²) in [5.74, 6) is 0.0700. The average Bonchev–Trinajstić information content (AvgIpc) is 2.61. The molecule has 0 saturated heterocycles. The molecular formula is C26H28N2O. The van der Waals surface area contributed by atoms with Gasteiger partial charge in [-0.15, -0.1) is 0 Å². The van der Waals surface area contributed by atoms with Gasteiger partial charge in [-0.05, 0) is 93.6 Å². The Balaban J connectivity index is 1.72. The van der Waals surface area contributed by atoms with Crippen LogP contribution in [0.4, 0.5) is 5.69 Å². The van der Waals surface area contributed by atoms with Crippen molar-refractivity contribution in [1.82, 2.24) is 4.98 Å². The van der Waals surface area contributed by atoms with E-state index in [2.05, 4.69) is 81.2 Å². The van der Waals surface area contributed by atoms with Gasteiger partial charge in [0.05, 0.1) is 16.7 Å². The smallest absolute Gasteiger partial charge is 0.224 e. The fraction of sp³-hybridized carbons (Fsp3) is 0.308. The van der Waals surface area contributed by atoms with Crippen LogP contribution in [0.15, 0.2) is 48.5 Å². The molecule has 0 spiro atoms. The van der Waals surface area contributed by atoms with Crippen LogP contribution < -0.4 is 4.90 Å². The van der Waals surface area contributed by atoms with E-state index in [4.69, 9.17) is 0 Å². The number of amides is 1. The molecule has 0 N–H and O–H groups in total. The van der Waals surface area contributed by atoms with E-state index in [9.17, 15) is 4.79 Å². The number of allylic oxidation sites excluding steroid dienone is 1. The Morgan fingerprint density at radius 3 is 2.41 bits per heavy atom. The SMILES string of the molecule is CC(=O)N1c2ccc(Cc3ccc4nc(C)cc(C)c4c3)cc2C(C)=CC1(C)C. The van der Waals surface area contributed by atoms with Crippen LogP contribution in [0.1, 0.15) is 55.6 Å². The molecule has 148 valence electrons. The van der Waals surface area contributed by atoms with E-state index in [0.717, 1.165) is 28.9 Å². The number of rotatable bonds is 2. The lowest BCUT2D eigenvalue weighted by Gasteiger charge is -2.41. The van der Waals surface area contributed by atoms with Crippen molar-refractivity contribution in [3.8, 4) is 0 Å². The summed E-state index contributed by atoms with van der Waals surface area (Å²) in [7, 11) is 0. The third kappa shape index (κ3) is 3.46. The summed E-state index contributed by atoms with van der Waals surface area (Å²) in [6, 6.07) is 15.2. The maximum Gasteiger partial charge on any atom is 0.224 e. The van der Waals surface area contributed by atoms with E-state index in [-0.39, 0.29) is 11.4 Å². The highest BCUT2D eigenvalue weighted by molar-refractivity contribution is 5.99. The standard InChI is InChI=1S/C26H28N2O/c1-16-11-18(3)27-24-9-7-20(13-22(16)24)12-21-8-10-25-23(14-21)17(2)15-26(5,6)28(25)19(4)29/h7-11,13-15H,12H2,1-6H3. The van der Waals surface area contributed by atoms with Gasteiger partial charge in [0.15, 0.2) is 0 Å². The summed E-state index contributed by atoms with van der Waals surface area (Å²) in [6.07, 6.45) is 3.04. The number of carbonyl (C=O) groups excluding carboxylic acids is 1. The number of benzene rings is 2. The summed E-state index contributed by atoms with van der Waals surface area (Å²) in [4.78, 5) is 18.9. The topological polar surface area (TPSA) is 33.2 Å². The Hall–Kier alpha value is -2.94. The van der Waals surface area contributed by atoms with Crippen molar-refractivity contribution in [3.63, 3.8) is 0 Å². The van der Waals surface area contributed by atoms with E-state index in [0.29, 0.717) is 0 Å². The van der Waals surface area contributed by atoms with E-state index in [1.807, 2.05) is 11.8 Å². The van der Waals surface area contributed by atoms with Crippen molar-refractivity contribution < 1.29 is 4.79 Å². The van der Waals surface area contributed by atoms with Gasteiger partial charge in [-0.25, -0.2) is 0 Å². The Kier molecular flexibility index (Phi) is 4.57. The molecule has 1 aliphatic heterocycles. The fourth-order valence-electron chi connectivity index (χ4n) is 4.72. The first-order valence-corrected chi connectivity index (χ1v) is 10.2. The number of aryl methyl sites for hydroxylation is 2. The quantitative estimate of drug-likeness (QED) is 0.544. The van der Waals surface area contributed by atoms with Gasteiger partial charge >= 0.3 is 0 Å². The Bertz CT molecular complexity index is 1170. The fourth-order valence-corrected chi connectivity index (χ4v) is 4.72. The number of fused-ring (bicyclic) bond motifs is 2. The predicted molar refractivity (Wildman–Crippen MR) is 121 cm³/mol. The molecular weight excluding hydrogens is 356 g/mol. The number of aromatic nitrogens is 1. The monoisotopic (exact) mass is 384 g/mol. The lowest BCUT2D eigenvalue weighted by atomic mass is 9.87. The zero-order valence-electron chi connectivity index (χ0n) is 18.1. The second-order valence-electron chi connectivity index (χ2n) is 8.80. The molecule has 0 bridgehead atoms. The van der Waals surface area contributed by atoms with Gasteiger partial charge in [-0.1, -0.05) is 18.2 Å². The number of hydrogen-bond donors (Lipinski definition) is 0. The number of anilines is 1. The van der Waals surface area contributed by atoms with Crippen LogP contribution in [0.5, 0.6) is 0 Å². The van der Waals surface area contributed by atoms with E-state index in [1.165, 1.54) is 27.6 Å². The molecule has 0 radical (unpaired) electrons. The normalized spacial score (nSPS) is 15.2. The average molecular weight is 385 g/mol. The number of hydrogen-bond acceptors (Lipinski definition) is 2. The summed E-state index contributed by atoms with van der Waals surface area (Å²) < 4.78 is 0. The molecule has 3 nitrogen and oxygen atoms in total. The van der Waals surface area contributed by atoms with Gasteiger partial charge in [0, 0.05) is 23.6 Å². The first-order valence-electron chi connectivity index (χ1n) is 10.2. The van der Waals surface area contributed by atoms with Gasteiger partial charge < -0.3 is 4.90 Å². The number of nitrogens with zero attached hydrogens (tertiary/aromatic N) is 2. The van der Waals surface area contributed by atoms with Gasteiger partial charge in [0.1, 0.15) is 0 Å². The molecule has 0 atom stereocenters. The Morgan fingerprint density at radius 1 is 1.00 bits per heavy atom. The van der Waals surface area contributed by atoms with Gasteiger partial charge in [-0.3, -0.25) is 9.78 Å². The van der Waals surface area contributed by atoms with Crippen LogP contribution in [0.2, 0.25) is 0 Å². The molecule has 1 aliphatic rings. The molecule has 2 heterocycles. The first-order chi connectivity index (χ1) is 13.7. The van der Waals surface area contributed by atoms with Crippen LogP contribution in [0.3, 0.4) is 0 Å². The minimum Gasteiger partial charge on any atom is -0.303 e. The van der Waals surface area contributed by atoms with Crippen molar-refractivity contribution >= 4 is 28.1 Å². The van der Waals surface area contributed by atoms with Crippen LogP contribution in [-0.4, -0.2) is 16.4 Å². The van der Waals surface area contributed by atoms with Crippen LogP contribution in [-0.2, 0) is 11.2 Å². The van der Waals surface area contributed by atoms with Crippen LogP contribution in [0, 0.1) is 13.8 Å². The number of carbonyl (C=O) groups is 1. The van der Waals surface area contributed by atoms with E-state index >= 15 is 0 Å². The zero-order chi connectivity index (χ0) is 20.9. The molecule has 0 aliphatic carbocycles. The molecule has 1 aromatic heterocycles. The first kappa shape index (κ1) is 19.4. The highest BCUT2D eigenvalue weighted by atomic mass is 16.2. The zero-order valence-corrected chi connectivity index (χ0v) is 18.1. The van der Waals surface area contributed by atoms with Crippen LogP contribution >= 0.6 is 0 Å². The van der Waals surface area contributed by atoms with Crippen LogP contribution in [0.25, 0.3) is 16.5 Å². The highest BCUT2D eigenvalue weighted by Gasteiger charge is 2.33. The summed E-state index contributed by atoms with van der Waals surface area (Å²) >= 11 is 0. The van der Waals surface area contributed by atoms with Crippen molar-refractivity contribution in [3.05, 3.63) is 76.5 Å². The second-order valence-corrected chi connectivity index (χ2v) is 8.80. The molecule has 4 rings (SSSR count). The van der Waals surface area contributed by atoms with Crippen molar-refractivity contribution in [2.24, 2.45) is 0 Å². The van der Waals surface area contributed by atoms with Crippen molar-refractivity contribution in [2.45, 2.75) is 53.5 Å². The number of pyridine rings is 1. The molecule has 2 aromatic carbocycles. The molecule has 0 fully saturated rings.